The van der Waals surface area contributed by atoms with Crippen LogP contribution >= 0.6 is 0 Å². The Morgan fingerprint density at radius 2 is 1.94 bits per heavy atom. The number of aromatic nitrogens is 3. The van der Waals surface area contributed by atoms with Crippen LogP contribution in [0.5, 0.6) is 0 Å². The van der Waals surface area contributed by atoms with E-state index in [1.54, 1.807) is 43.3 Å². The van der Waals surface area contributed by atoms with Crippen molar-refractivity contribution in [1.82, 2.24) is 15.0 Å². The van der Waals surface area contributed by atoms with Crippen LogP contribution in [0.3, 0.4) is 0 Å². The molecule has 3 amide bonds. The van der Waals surface area contributed by atoms with Crippen molar-refractivity contribution in [2.45, 2.75) is 6.54 Å². The van der Waals surface area contributed by atoms with Crippen molar-refractivity contribution >= 4 is 41.1 Å². The third kappa shape index (κ3) is 4.42. The van der Waals surface area contributed by atoms with E-state index < -0.39 is 5.91 Å². The largest absolute Gasteiger partial charge is 0.365 e. The van der Waals surface area contributed by atoms with Crippen molar-refractivity contribution in [1.29, 1.82) is 0 Å². The topological polar surface area (TPSA) is 131 Å². The number of H-pyrrole nitrogens is 1. The van der Waals surface area contributed by atoms with Crippen molar-refractivity contribution < 1.29 is 18.9 Å². The van der Waals surface area contributed by atoms with Crippen LogP contribution in [-0.4, -0.2) is 43.7 Å². The number of imidazole rings is 1. The van der Waals surface area contributed by atoms with Gasteiger partial charge in [0.25, 0.3) is 11.8 Å². The molecule has 0 fully saturated rings. The van der Waals surface area contributed by atoms with Gasteiger partial charge in [0.2, 0.25) is 0 Å². The lowest BCUT2D eigenvalue weighted by molar-refractivity contribution is -0.809. The number of anilines is 1. The highest BCUT2D eigenvalue weighted by atomic mass is 16.2. The lowest BCUT2D eigenvalue weighted by Crippen LogP contribution is -2.51. The van der Waals surface area contributed by atoms with Crippen LogP contribution in [0.1, 0.15) is 22.4 Å². The Morgan fingerprint density at radius 3 is 2.69 bits per heavy atom. The van der Waals surface area contributed by atoms with E-state index in [1.807, 2.05) is 42.5 Å². The quantitative estimate of drug-likeness (QED) is 0.272. The Labute approximate surface area is 207 Å². The van der Waals surface area contributed by atoms with Gasteiger partial charge in [0.05, 0.1) is 23.8 Å². The second-order valence-corrected chi connectivity index (χ2v) is 8.55. The number of pyridine rings is 1. The van der Waals surface area contributed by atoms with E-state index in [0.29, 0.717) is 24.4 Å². The first-order valence-electron chi connectivity index (χ1n) is 11.3. The zero-order chi connectivity index (χ0) is 25.1. The summed E-state index contributed by atoms with van der Waals surface area (Å²) in [6.07, 6.45) is 17.0. The molecule has 0 aliphatic carbocycles. The number of carbonyl (C=O) groups excluding carboxylic acids is 3. The van der Waals surface area contributed by atoms with Crippen LogP contribution in [0, 0.1) is 0 Å². The Bertz CT molecular complexity index is 1470. The minimum Gasteiger partial charge on any atom is -0.365 e. The number of nitrogens with one attached hydrogen (secondary N) is 2. The molecule has 5 rings (SSSR count). The molecular weight excluding hydrogens is 456 g/mol. The maximum absolute atomic E-state index is 13.3. The number of allylic oxidation sites excluding steroid dienone is 2. The molecule has 0 saturated heterocycles. The maximum atomic E-state index is 13.3. The number of hydrogen-bond donors (Lipinski definition) is 3. The van der Waals surface area contributed by atoms with Gasteiger partial charge in [-0.15, -0.1) is 0 Å². The summed E-state index contributed by atoms with van der Waals surface area (Å²) in [6, 6.07) is 9.35. The normalized spacial score (nSPS) is 20.0. The lowest BCUT2D eigenvalue weighted by atomic mass is 10.0. The summed E-state index contributed by atoms with van der Waals surface area (Å²) in [4.78, 5) is 48.7. The van der Waals surface area contributed by atoms with Crippen molar-refractivity contribution in [3.63, 3.8) is 0 Å². The van der Waals surface area contributed by atoms with E-state index in [-0.39, 0.29) is 21.9 Å². The van der Waals surface area contributed by atoms with Gasteiger partial charge in [-0.1, -0.05) is 18.2 Å². The average molecular weight is 480 g/mol. The van der Waals surface area contributed by atoms with Crippen molar-refractivity contribution in [3.05, 3.63) is 108 Å². The van der Waals surface area contributed by atoms with Crippen LogP contribution in [-0.2, 0) is 20.9 Å². The molecule has 4 heterocycles. The summed E-state index contributed by atoms with van der Waals surface area (Å²) >= 11 is 0. The van der Waals surface area contributed by atoms with Crippen molar-refractivity contribution in [2.24, 2.45) is 5.73 Å². The van der Waals surface area contributed by atoms with Crippen molar-refractivity contribution in [2.75, 3.05) is 11.9 Å². The molecule has 178 valence electrons. The molecular formula is C27H23N6O3+. The van der Waals surface area contributed by atoms with E-state index in [1.165, 1.54) is 6.08 Å². The highest BCUT2D eigenvalue weighted by Crippen LogP contribution is 2.34. The molecule has 1 atom stereocenters. The van der Waals surface area contributed by atoms with E-state index in [4.69, 9.17) is 5.73 Å². The monoisotopic (exact) mass is 479 g/mol. The summed E-state index contributed by atoms with van der Waals surface area (Å²) in [7, 11) is 0. The van der Waals surface area contributed by atoms with Gasteiger partial charge in [-0.3, -0.25) is 14.6 Å². The molecule has 2 aromatic heterocycles. The molecule has 3 aromatic rings. The Balaban J connectivity index is 1.40. The molecule has 4 N–H and O–H groups in total. The number of nitrogens with zero attached hydrogens (tertiary/aromatic N) is 3. The molecule has 0 radical (unpaired) electrons. The fraction of sp³-hybridized carbons (Fsp3) is 0.0741. The van der Waals surface area contributed by atoms with E-state index in [0.717, 1.165) is 22.4 Å². The predicted molar refractivity (Wildman–Crippen MR) is 135 cm³/mol. The fourth-order valence-electron chi connectivity index (χ4n) is 4.35. The third-order valence-corrected chi connectivity index (χ3v) is 6.14. The third-order valence-electron chi connectivity index (χ3n) is 6.14. The van der Waals surface area contributed by atoms with Gasteiger partial charge in [0.15, 0.2) is 0 Å². The highest BCUT2D eigenvalue weighted by molar-refractivity contribution is 6.34. The Hall–Kier alpha value is -4.89. The van der Waals surface area contributed by atoms with Crippen LogP contribution in [0.25, 0.3) is 17.7 Å². The number of aromatic amines is 1. The number of quaternary nitrogens is 1. The van der Waals surface area contributed by atoms with Gasteiger partial charge < -0.3 is 16.0 Å². The number of amides is 3. The first-order valence-corrected chi connectivity index (χ1v) is 11.3. The van der Waals surface area contributed by atoms with Crippen LogP contribution in [0.2, 0.25) is 0 Å². The molecule has 9 nitrogen and oxygen atoms in total. The minimum atomic E-state index is -0.751. The number of carbonyl (C=O) groups is 3. The average Bonchev–Trinajstić information content (AvgIpc) is 3.49. The highest BCUT2D eigenvalue weighted by Gasteiger charge is 2.40. The van der Waals surface area contributed by atoms with Crippen LogP contribution in [0.15, 0.2) is 85.3 Å². The minimum absolute atomic E-state index is 0.0308. The zero-order valence-electron chi connectivity index (χ0n) is 19.2. The molecule has 36 heavy (non-hydrogen) atoms. The number of fused-ring (bicyclic) bond motifs is 1. The fourth-order valence-corrected chi connectivity index (χ4v) is 4.35. The van der Waals surface area contributed by atoms with Gasteiger partial charge in [0.1, 0.15) is 24.9 Å². The van der Waals surface area contributed by atoms with Gasteiger partial charge >= 0.3 is 5.91 Å². The summed E-state index contributed by atoms with van der Waals surface area (Å²) in [5, 5.41) is 2.90. The van der Waals surface area contributed by atoms with Crippen LogP contribution < -0.4 is 11.1 Å². The zero-order valence-corrected chi connectivity index (χ0v) is 19.2. The van der Waals surface area contributed by atoms with Gasteiger partial charge in [-0.25, -0.2) is 14.3 Å². The van der Waals surface area contributed by atoms with E-state index in [2.05, 4.69) is 20.3 Å². The molecule has 1 unspecified atom stereocenters. The maximum Gasteiger partial charge on any atom is 0.356 e. The molecule has 9 heteroatoms. The standard InChI is InChI=1S/C27H22N6O3/c28-25(34)22-4-2-12-33(27(22)36,16-19-7-9-29-10-8-19)11-1-3-18-5-6-21-23(14-20-15-30-17-31-20)26(35)32-24(21)13-18/h1-10,12-15,17H,11,16H2,(H3-,28,30,31,32,34,35)/p+1/b3-1+. The van der Waals surface area contributed by atoms with E-state index in [9.17, 15) is 14.4 Å². The van der Waals surface area contributed by atoms with Gasteiger partial charge in [-0.05, 0) is 48.1 Å². The second kappa shape index (κ2) is 9.40. The summed E-state index contributed by atoms with van der Waals surface area (Å²) < 4.78 is -0.117. The molecule has 1 aromatic carbocycles. The molecule has 0 saturated carbocycles. The van der Waals surface area contributed by atoms with Gasteiger partial charge in [0, 0.05) is 29.2 Å². The first-order chi connectivity index (χ1) is 17.4. The van der Waals surface area contributed by atoms with Crippen LogP contribution in [0.4, 0.5) is 5.69 Å². The molecule has 2 aliphatic rings. The number of hydrogen-bond acceptors (Lipinski definition) is 5. The number of primary amides is 1. The van der Waals surface area contributed by atoms with Gasteiger partial charge in [-0.2, -0.15) is 0 Å². The lowest BCUT2D eigenvalue weighted by Gasteiger charge is -2.33. The Kier molecular flexibility index (Phi) is 5.97. The Morgan fingerprint density at radius 1 is 1.11 bits per heavy atom. The first kappa shape index (κ1) is 22.9. The molecule has 0 bridgehead atoms. The smallest absolute Gasteiger partial charge is 0.356 e. The van der Waals surface area contributed by atoms with Crippen molar-refractivity contribution in [3.8, 4) is 0 Å². The predicted octanol–water partition coefficient (Wildman–Crippen LogP) is 2.79. The summed E-state index contributed by atoms with van der Waals surface area (Å²) in [5.41, 5.74) is 10.0. The van der Waals surface area contributed by atoms with E-state index >= 15 is 0 Å². The summed E-state index contributed by atoms with van der Waals surface area (Å²) in [6.45, 7) is 0.644. The SMILES string of the molecule is NC(=O)C1=CC=C[N+](C/C=C/c2ccc3c(c2)NC(=O)/C3=C\c2cnc[nH]2)(Cc2ccncc2)C1=O. The molecule has 0 spiro atoms. The number of benzene rings is 1. The second-order valence-electron chi connectivity index (χ2n) is 8.55. The molecule has 2 aliphatic heterocycles. The number of rotatable bonds is 7. The number of nitrogens with two attached hydrogens (primary N) is 1. The summed E-state index contributed by atoms with van der Waals surface area (Å²) in [5.74, 6) is -1.29.